The van der Waals surface area contributed by atoms with Crippen LogP contribution >= 0.6 is 15.9 Å². The molecule has 2 amide bonds. The molecule has 1 rings (SSSR count). The first-order valence-electron chi connectivity index (χ1n) is 5.24. The summed E-state index contributed by atoms with van der Waals surface area (Å²) in [6.07, 6.45) is 1.79. The maximum absolute atomic E-state index is 12.2. The van der Waals surface area contributed by atoms with Crippen molar-refractivity contribution in [3.05, 3.63) is 22.4 Å². The molecule has 5 nitrogen and oxygen atoms in total. The Hall–Kier alpha value is -1.30. The van der Waals surface area contributed by atoms with E-state index in [0.29, 0.717) is 5.69 Å². The number of aromatic nitrogens is 1. The van der Waals surface area contributed by atoms with E-state index in [0.717, 1.165) is 4.47 Å². The van der Waals surface area contributed by atoms with Crippen LogP contribution in [-0.2, 0) is 11.8 Å². The van der Waals surface area contributed by atoms with Crippen LogP contribution in [0.4, 0.5) is 0 Å². The fourth-order valence-electron chi connectivity index (χ4n) is 1.54. The number of carbonyl (C=O) groups excluding carboxylic acids is 2. The topological polar surface area (TPSA) is 68.3 Å². The van der Waals surface area contributed by atoms with Crippen LogP contribution in [0.3, 0.4) is 0 Å². The molecule has 6 heteroatoms. The van der Waals surface area contributed by atoms with Gasteiger partial charge in [0.05, 0.1) is 6.54 Å². The fraction of sp³-hybridized carbons (Fsp3) is 0.455. The molecule has 17 heavy (non-hydrogen) atoms. The molecule has 0 radical (unpaired) electrons. The molecule has 0 aliphatic carbocycles. The number of nitrogens with two attached hydrogens (primary N) is 1. The van der Waals surface area contributed by atoms with Crippen molar-refractivity contribution in [2.24, 2.45) is 12.8 Å². The second-order valence-electron chi connectivity index (χ2n) is 4.15. The Labute approximate surface area is 109 Å². The zero-order valence-corrected chi connectivity index (χ0v) is 11.7. The van der Waals surface area contributed by atoms with Gasteiger partial charge in [-0.3, -0.25) is 9.59 Å². The van der Waals surface area contributed by atoms with Crippen LogP contribution in [0.2, 0.25) is 0 Å². The van der Waals surface area contributed by atoms with E-state index in [1.807, 2.05) is 13.8 Å². The molecule has 0 saturated heterocycles. The van der Waals surface area contributed by atoms with Gasteiger partial charge in [0, 0.05) is 23.8 Å². The predicted molar refractivity (Wildman–Crippen MR) is 68.5 cm³/mol. The third-order valence-electron chi connectivity index (χ3n) is 2.40. The van der Waals surface area contributed by atoms with Gasteiger partial charge in [-0.25, -0.2) is 0 Å². The van der Waals surface area contributed by atoms with Crippen molar-refractivity contribution >= 4 is 27.7 Å². The molecule has 0 bridgehead atoms. The van der Waals surface area contributed by atoms with Crippen LogP contribution in [0.25, 0.3) is 0 Å². The largest absolute Gasteiger partial charge is 0.368 e. The molecule has 1 heterocycles. The van der Waals surface area contributed by atoms with E-state index in [2.05, 4.69) is 15.9 Å². The average molecular weight is 302 g/mol. The number of aryl methyl sites for hydroxylation is 1. The predicted octanol–water partition coefficient (Wildman–Crippen LogP) is 1.12. The molecular formula is C11H16BrN3O2. The summed E-state index contributed by atoms with van der Waals surface area (Å²) in [5.74, 6) is -0.715. The van der Waals surface area contributed by atoms with Gasteiger partial charge in [0.1, 0.15) is 5.69 Å². The summed E-state index contributed by atoms with van der Waals surface area (Å²) in [6.45, 7) is 3.62. The van der Waals surface area contributed by atoms with E-state index in [-0.39, 0.29) is 18.5 Å². The van der Waals surface area contributed by atoms with Crippen molar-refractivity contribution in [1.29, 1.82) is 0 Å². The highest BCUT2D eigenvalue weighted by molar-refractivity contribution is 9.10. The van der Waals surface area contributed by atoms with Crippen LogP contribution in [-0.4, -0.2) is 33.9 Å². The highest BCUT2D eigenvalue weighted by Gasteiger charge is 2.22. The van der Waals surface area contributed by atoms with E-state index in [1.165, 1.54) is 4.90 Å². The number of rotatable bonds is 4. The van der Waals surface area contributed by atoms with Gasteiger partial charge in [0.15, 0.2) is 0 Å². The number of hydrogen-bond donors (Lipinski definition) is 1. The quantitative estimate of drug-likeness (QED) is 0.905. The maximum Gasteiger partial charge on any atom is 0.271 e. The van der Waals surface area contributed by atoms with Crippen LogP contribution in [0.15, 0.2) is 16.7 Å². The SMILES string of the molecule is CC(C)N(CC(N)=O)C(=O)c1cc(Br)cn1C. The summed E-state index contributed by atoms with van der Waals surface area (Å²) >= 11 is 3.31. The van der Waals surface area contributed by atoms with Crippen LogP contribution in [0.5, 0.6) is 0 Å². The lowest BCUT2D eigenvalue weighted by atomic mass is 10.2. The lowest BCUT2D eigenvalue weighted by molar-refractivity contribution is -0.119. The van der Waals surface area contributed by atoms with Crippen molar-refractivity contribution < 1.29 is 9.59 Å². The average Bonchev–Trinajstić information content (AvgIpc) is 2.52. The molecule has 0 aromatic carbocycles. The molecule has 0 fully saturated rings. The number of nitrogens with zero attached hydrogens (tertiary/aromatic N) is 2. The van der Waals surface area contributed by atoms with Gasteiger partial charge in [-0.2, -0.15) is 0 Å². The minimum absolute atomic E-state index is 0.0701. The van der Waals surface area contributed by atoms with Gasteiger partial charge in [0.2, 0.25) is 5.91 Å². The monoisotopic (exact) mass is 301 g/mol. The number of carbonyl (C=O) groups is 2. The van der Waals surface area contributed by atoms with Crippen molar-refractivity contribution in [1.82, 2.24) is 9.47 Å². The summed E-state index contributed by atoms with van der Waals surface area (Å²) in [6, 6.07) is 1.64. The molecule has 0 saturated carbocycles. The number of halogens is 1. The van der Waals surface area contributed by atoms with Crippen LogP contribution < -0.4 is 5.73 Å². The lowest BCUT2D eigenvalue weighted by Gasteiger charge is -2.25. The molecule has 0 spiro atoms. The summed E-state index contributed by atoms with van der Waals surface area (Å²) in [5, 5.41) is 0. The Morgan fingerprint density at radius 3 is 2.47 bits per heavy atom. The molecule has 1 aromatic rings. The summed E-state index contributed by atoms with van der Waals surface area (Å²) in [5.41, 5.74) is 5.66. The summed E-state index contributed by atoms with van der Waals surface area (Å²) < 4.78 is 2.54. The Morgan fingerprint density at radius 2 is 2.12 bits per heavy atom. The first-order chi connectivity index (χ1) is 7.82. The number of primary amides is 1. The van der Waals surface area contributed by atoms with Crippen LogP contribution in [0, 0.1) is 0 Å². The highest BCUT2D eigenvalue weighted by Crippen LogP contribution is 2.16. The van der Waals surface area contributed by atoms with Gasteiger partial charge >= 0.3 is 0 Å². The normalized spacial score (nSPS) is 10.6. The molecule has 94 valence electrons. The van der Waals surface area contributed by atoms with Gasteiger partial charge in [-0.05, 0) is 35.8 Å². The van der Waals surface area contributed by atoms with E-state index in [9.17, 15) is 9.59 Å². The zero-order chi connectivity index (χ0) is 13.2. The lowest BCUT2D eigenvalue weighted by Crippen LogP contribution is -2.43. The van der Waals surface area contributed by atoms with Crippen molar-refractivity contribution in [3.63, 3.8) is 0 Å². The molecule has 1 aromatic heterocycles. The maximum atomic E-state index is 12.2. The number of hydrogen-bond acceptors (Lipinski definition) is 2. The van der Waals surface area contributed by atoms with Crippen molar-refractivity contribution in [3.8, 4) is 0 Å². The number of amides is 2. The Bertz CT molecular complexity index is 440. The van der Waals surface area contributed by atoms with Crippen molar-refractivity contribution in [2.45, 2.75) is 19.9 Å². The molecule has 0 aliphatic rings. The van der Waals surface area contributed by atoms with Crippen molar-refractivity contribution in [2.75, 3.05) is 6.54 Å². The molecule has 0 aliphatic heterocycles. The standard InChI is InChI=1S/C11H16BrN3O2/c1-7(2)15(6-10(13)16)11(17)9-4-8(12)5-14(9)3/h4-5,7H,6H2,1-3H3,(H2,13,16). The van der Waals surface area contributed by atoms with E-state index >= 15 is 0 Å². The van der Waals surface area contributed by atoms with Gasteiger partial charge in [-0.15, -0.1) is 0 Å². The van der Waals surface area contributed by atoms with Gasteiger partial charge in [-0.1, -0.05) is 0 Å². The van der Waals surface area contributed by atoms with E-state index in [1.54, 1.807) is 23.9 Å². The fourth-order valence-corrected chi connectivity index (χ4v) is 2.06. The molecule has 0 unspecified atom stereocenters. The summed E-state index contributed by atoms with van der Waals surface area (Å²) in [7, 11) is 1.78. The van der Waals surface area contributed by atoms with Gasteiger partial charge in [0.25, 0.3) is 5.91 Å². The third-order valence-corrected chi connectivity index (χ3v) is 2.83. The molecule has 2 N–H and O–H groups in total. The second-order valence-corrected chi connectivity index (χ2v) is 5.06. The van der Waals surface area contributed by atoms with Gasteiger partial charge < -0.3 is 15.2 Å². The minimum atomic E-state index is -0.514. The minimum Gasteiger partial charge on any atom is -0.368 e. The zero-order valence-electron chi connectivity index (χ0n) is 10.1. The Morgan fingerprint density at radius 1 is 1.53 bits per heavy atom. The first kappa shape index (κ1) is 13.8. The third kappa shape index (κ3) is 3.33. The first-order valence-corrected chi connectivity index (χ1v) is 6.03. The second kappa shape index (κ2) is 5.35. The van der Waals surface area contributed by atoms with E-state index < -0.39 is 5.91 Å². The molecule has 0 atom stereocenters. The molecular weight excluding hydrogens is 286 g/mol. The van der Waals surface area contributed by atoms with Crippen LogP contribution in [0.1, 0.15) is 24.3 Å². The highest BCUT2D eigenvalue weighted by atomic mass is 79.9. The smallest absolute Gasteiger partial charge is 0.271 e. The summed E-state index contributed by atoms with van der Waals surface area (Å²) in [4.78, 5) is 24.6. The van der Waals surface area contributed by atoms with E-state index in [4.69, 9.17) is 5.73 Å². The Balaban J connectivity index is 2.99. The Kier molecular flexibility index (Phi) is 4.34.